The molecular weight excluding hydrogens is 397 g/mol. The van der Waals surface area contributed by atoms with Crippen LogP contribution in [0.15, 0.2) is 53.7 Å². The van der Waals surface area contributed by atoms with Crippen LogP contribution in [0.25, 0.3) is 0 Å². The molecule has 0 saturated heterocycles. The van der Waals surface area contributed by atoms with Crippen LogP contribution in [0, 0.1) is 5.82 Å². The van der Waals surface area contributed by atoms with E-state index in [1.807, 2.05) is 32.0 Å². The van der Waals surface area contributed by atoms with Crippen LogP contribution in [-0.2, 0) is 11.2 Å². The van der Waals surface area contributed by atoms with Crippen LogP contribution in [0.3, 0.4) is 0 Å². The second-order valence-electron chi connectivity index (χ2n) is 7.07. The quantitative estimate of drug-likeness (QED) is 0.424. The number of likely N-dealkylation sites (N-methyl/N-ethyl adjacent to an activating group) is 1. The molecule has 0 aliphatic rings. The van der Waals surface area contributed by atoms with E-state index in [2.05, 4.69) is 20.6 Å². The third-order valence-electron chi connectivity index (χ3n) is 4.62. The maximum atomic E-state index is 13.4. The highest BCUT2D eigenvalue weighted by Crippen LogP contribution is 2.14. The second kappa shape index (κ2) is 13.2. The van der Waals surface area contributed by atoms with Crippen molar-refractivity contribution in [3.05, 3.63) is 60.2 Å². The van der Waals surface area contributed by atoms with Crippen LogP contribution < -0.4 is 15.4 Å². The molecule has 8 heteroatoms. The number of aliphatic imine (C=N–C) groups is 1. The van der Waals surface area contributed by atoms with Crippen molar-refractivity contribution in [2.24, 2.45) is 4.99 Å². The zero-order valence-electron chi connectivity index (χ0n) is 18.5. The fourth-order valence-corrected chi connectivity index (χ4v) is 2.77. The molecule has 0 bridgehead atoms. The Morgan fingerprint density at radius 1 is 1.23 bits per heavy atom. The zero-order valence-corrected chi connectivity index (χ0v) is 18.5. The van der Waals surface area contributed by atoms with Crippen molar-refractivity contribution >= 4 is 11.9 Å². The van der Waals surface area contributed by atoms with Crippen molar-refractivity contribution < 1.29 is 13.9 Å². The maximum absolute atomic E-state index is 13.4. The molecule has 2 N–H and O–H groups in total. The summed E-state index contributed by atoms with van der Waals surface area (Å²) in [6.07, 6.45) is 3.01. The monoisotopic (exact) mass is 429 g/mol. The highest BCUT2D eigenvalue weighted by Gasteiger charge is 2.12. The minimum atomic E-state index is -0.333. The fourth-order valence-electron chi connectivity index (χ4n) is 2.77. The molecule has 31 heavy (non-hydrogen) atoms. The molecule has 7 nitrogen and oxygen atoms in total. The van der Waals surface area contributed by atoms with Crippen molar-refractivity contribution in [1.29, 1.82) is 0 Å². The number of rotatable bonds is 11. The SMILES string of the molecule is CCNC(=NCC(=O)N(C)CCc1ccccn1)NCC(CC)Oc1cccc(F)c1. The molecule has 0 radical (unpaired) electrons. The smallest absolute Gasteiger partial charge is 0.244 e. The molecule has 0 fully saturated rings. The summed E-state index contributed by atoms with van der Waals surface area (Å²) >= 11 is 0. The number of nitrogens with one attached hydrogen (secondary N) is 2. The van der Waals surface area contributed by atoms with Crippen LogP contribution in [0.2, 0.25) is 0 Å². The summed E-state index contributed by atoms with van der Waals surface area (Å²) in [4.78, 5) is 22.7. The molecule has 0 aliphatic heterocycles. The minimum Gasteiger partial charge on any atom is -0.489 e. The number of ether oxygens (including phenoxy) is 1. The van der Waals surface area contributed by atoms with Crippen molar-refractivity contribution in [2.45, 2.75) is 32.8 Å². The van der Waals surface area contributed by atoms with Crippen LogP contribution in [0.4, 0.5) is 4.39 Å². The van der Waals surface area contributed by atoms with Gasteiger partial charge in [-0.2, -0.15) is 0 Å². The first kappa shape index (κ1) is 24.1. The van der Waals surface area contributed by atoms with Crippen molar-refractivity contribution in [1.82, 2.24) is 20.5 Å². The average molecular weight is 430 g/mol. The Morgan fingerprint density at radius 3 is 2.74 bits per heavy atom. The largest absolute Gasteiger partial charge is 0.489 e. The zero-order chi connectivity index (χ0) is 22.5. The number of amides is 1. The summed E-state index contributed by atoms with van der Waals surface area (Å²) in [5.74, 6) is 0.618. The Hall–Kier alpha value is -3.16. The summed E-state index contributed by atoms with van der Waals surface area (Å²) in [7, 11) is 1.76. The van der Waals surface area contributed by atoms with E-state index < -0.39 is 0 Å². The lowest BCUT2D eigenvalue weighted by Gasteiger charge is -2.20. The van der Waals surface area contributed by atoms with Gasteiger partial charge in [-0.1, -0.05) is 19.1 Å². The van der Waals surface area contributed by atoms with Gasteiger partial charge < -0.3 is 20.3 Å². The maximum Gasteiger partial charge on any atom is 0.244 e. The van der Waals surface area contributed by atoms with Gasteiger partial charge in [0.05, 0.1) is 6.54 Å². The van der Waals surface area contributed by atoms with Gasteiger partial charge in [-0.15, -0.1) is 0 Å². The molecule has 0 aliphatic carbocycles. The van der Waals surface area contributed by atoms with Gasteiger partial charge in [0.15, 0.2) is 5.96 Å². The van der Waals surface area contributed by atoms with Gasteiger partial charge >= 0.3 is 0 Å². The molecule has 0 saturated carbocycles. The standard InChI is InChI=1S/C23H32FN5O2/c1-4-20(31-21-11-8-9-18(24)15-21)16-27-23(25-5-2)28-17-22(30)29(3)14-12-19-10-6-7-13-26-19/h6-11,13,15,20H,4-5,12,14,16-17H2,1-3H3,(H2,25,27,28). The molecule has 1 atom stereocenters. The molecule has 2 aromatic rings. The molecule has 1 aromatic carbocycles. The normalized spacial score (nSPS) is 12.2. The Kier molecular flexibility index (Phi) is 10.3. The van der Waals surface area contributed by atoms with Crippen LogP contribution in [0.1, 0.15) is 26.0 Å². The first-order valence-corrected chi connectivity index (χ1v) is 10.6. The fraction of sp³-hybridized carbons (Fsp3) is 0.435. The molecule has 1 unspecified atom stereocenters. The Morgan fingerprint density at radius 2 is 2.06 bits per heavy atom. The van der Waals surface area contributed by atoms with E-state index in [9.17, 15) is 9.18 Å². The lowest BCUT2D eigenvalue weighted by atomic mass is 10.2. The minimum absolute atomic E-state index is 0.0373. The molecule has 0 spiro atoms. The van der Waals surface area contributed by atoms with Crippen molar-refractivity contribution in [3.63, 3.8) is 0 Å². The van der Waals surface area contributed by atoms with Gasteiger partial charge in [0.25, 0.3) is 0 Å². The summed E-state index contributed by atoms with van der Waals surface area (Å²) in [6, 6.07) is 11.8. The number of carbonyl (C=O) groups is 1. The van der Waals surface area contributed by atoms with E-state index in [1.54, 1.807) is 30.3 Å². The molecule has 1 aromatic heterocycles. The van der Waals surface area contributed by atoms with E-state index in [4.69, 9.17) is 4.74 Å². The van der Waals surface area contributed by atoms with E-state index in [0.717, 1.165) is 12.1 Å². The Balaban J connectivity index is 1.84. The van der Waals surface area contributed by atoms with Crippen molar-refractivity contribution in [2.75, 3.05) is 33.2 Å². The number of hydrogen-bond donors (Lipinski definition) is 2. The number of hydrogen-bond acceptors (Lipinski definition) is 4. The topological polar surface area (TPSA) is 78.9 Å². The third kappa shape index (κ3) is 9.02. The van der Waals surface area contributed by atoms with E-state index in [-0.39, 0.29) is 24.4 Å². The average Bonchev–Trinajstić information content (AvgIpc) is 2.78. The van der Waals surface area contributed by atoms with Gasteiger partial charge in [-0.3, -0.25) is 9.78 Å². The number of halogens is 1. The van der Waals surface area contributed by atoms with E-state index in [1.165, 1.54) is 12.1 Å². The van der Waals surface area contributed by atoms with Gasteiger partial charge in [0.2, 0.25) is 5.91 Å². The second-order valence-corrected chi connectivity index (χ2v) is 7.07. The van der Waals surface area contributed by atoms with Gasteiger partial charge in [-0.25, -0.2) is 9.38 Å². The predicted octanol–water partition coefficient (Wildman–Crippen LogP) is 2.63. The van der Waals surface area contributed by atoms with Crippen LogP contribution in [-0.4, -0.2) is 61.1 Å². The van der Waals surface area contributed by atoms with Crippen LogP contribution >= 0.6 is 0 Å². The molecule has 1 amide bonds. The van der Waals surface area contributed by atoms with E-state index in [0.29, 0.717) is 37.8 Å². The highest BCUT2D eigenvalue weighted by molar-refractivity contribution is 5.84. The third-order valence-corrected chi connectivity index (χ3v) is 4.62. The number of benzene rings is 1. The van der Waals surface area contributed by atoms with Crippen LogP contribution in [0.5, 0.6) is 5.75 Å². The molecular formula is C23H32FN5O2. The lowest BCUT2D eigenvalue weighted by Crippen LogP contribution is -2.43. The molecule has 168 valence electrons. The summed E-state index contributed by atoms with van der Waals surface area (Å²) in [5, 5.41) is 6.33. The summed E-state index contributed by atoms with van der Waals surface area (Å²) in [6.45, 7) is 5.71. The number of carbonyl (C=O) groups excluding carboxylic acids is 1. The summed E-state index contributed by atoms with van der Waals surface area (Å²) in [5.41, 5.74) is 0.949. The van der Waals surface area contributed by atoms with E-state index >= 15 is 0 Å². The number of nitrogens with zero attached hydrogens (tertiary/aromatic N) is 3. The number of pyridine rings is 1. The van der Waals surface area contributed by atoms with Crippen molar-refractivity contribution in [3.8, 4) is 5.75 Å². The first-order valence-electron chi connectivity index (χ1n) is 10.6. The first-order chi connectivity index (χ1) is 15.0. The van der Waals surface area contributed by atoms with Gasteiger partial charge in [-0.05, 0) is 37.6 Å². The Bertz CT molecular complexity index is 832. The Labute approximate surface area is 183 Å². The number of guanidine groups is 1. The molecule has 2 rings (SSSR count). The number of aromatic nitrogens is 1. The predicted molar refractivity (Wildman–Crippen MR) is 121 cm³/mol. The van der Waals surface area contributed by atoms with Gasteiger partial charge in [0, 0.05) is 44.5 Å². The van der Waals surface area contributed by atoms with Gasteiger partial charge in [0.1, 0.15) is 24.2 Å². The molecule has 1 heterocycles. The lowest BCUT2D eigenvalue weighted by molar-refractivity contribution is -0.128. The highest BCUT2D eigenvalue weighted by atomic mass is 19.1. The summed E-state index contributed by atoms with van der Waals surface area (Å²) < 4.78 is 19.2.